The average molecular weight is 375 g/mol. The second-order valence-electron chi connectivity index (χ2n) is 6.71. The molecule has 1 aromatic carbocycles. The van der Waals surface area contributed by atoms with E-state index in [-0.39, 0.29) is 11.9 Å². The molecule has 0 radical (unpaired) electrons. The van der Waals surface area contributed by atoms with Gasteiger partial charge in [-0.1, -0.05) is 0 Å². The second-order valence-corrected chi connectivity index (χ2v) is 7.77. The van der Waals surface area contributed by atoms with E-state index in [0.717, 1.165) is 35.1 Å². The summed E-state index contributed by atoms with van der Waals surface area (Å²) < 4.78 is 5.18. The zero-order valence-corrected chi connectivity index (χ0v) is 16.2. The minimum atomic E-state index is -0.592. The van der Waals surface area contributed by atoms with Crippen LogP contribution in [0.15, 0.2) is 23.6 Å². The summed E-state index contributed by atoms with van der Waals surface area (Å²) in [5, 5.41) is 16.6. The van der Waals surface area contributed by atoms with Crippen LogP contribution in [0.2, 0.25) is 0 Å². The summed E-state index contributed by atoms with van der Waals surface area (Å²) in [5.74, 6) is 0.572. The van der Waals surface area contributed by atoms with Crippen molar-refractivity contribution < 1.29 is 14.6 Å². The number of aryl methyl sites for hydroxylation is 2. The maximum absolute atomic E-state index is 12.6. The van der Waals surface area contributed by atoms with E-state index in [9.17, 15) is 9.90 Å². The molecular formula is C19H25N3O3S. The summed E-state index contributed by atoms with van der Waals surface area (Å²) in [4.78, 5) is 19.2. The number of hydrogen-bond acceptors (Lipinski definition) is 6. The van der Waals surface area contributed by atoms with Crippen LogP contribution in [0.4, 0.5) is 0 Å². The van der Waals surface area contributed by atoms with Crippen LogP contribution in [0, 0.1) is 13.8 Å². The molecule has 0 bridgehead atoms. The lowest BCUT2D eigenvalue weighted by Crippen LogP contribution is -2.53. The van der Waals surface area contributed by atoms with Crippen molar-refractivity contribution in [2.45, 2.75) is 39.0 Å². The van der Waals surface area contributed by atoms with Crippen LogP contribution in [0.25, 0.3) is 0 Å². The second kappa shape index (κ2) is 8.16. The van der Waals surface area contributed by atoms with Gasteiger partial charge in [0.1, 0.15) is 5.75 Å². The standard InChI is InChI=1S/C19H25N3O3S/c1-12-8-15(25-3)4-5-16(12)19(24)21-17-6-7-22(10-18(17)23)9-14-11-26-13(2)20-14/h4-5,8,11,17-18,23H,6-7,9-10H2,1-3H3,(H,21,24)/t17-,18-/m1/s1. The Morgan fingerprint density at radius 2 is 2.27 bits per heavy atom. The van der Waals surface area contributed by atoms with Crippen LogP contribution in [-0.4, -0.2) is 53.2 Å². The maximum Gasteiger partial charge on any atom is 0.251 e. The molecule has 0 spiro atoms. The van der Waals surface area contributed by atoms with Crippen LogP contribution in [0.5, 0.6) is 5.75 Å². The van der Waals surface area contributed by atoms with Gasteiger partial charge >= 0.3 is 0 Å². The Kier molecular flexibility index (Phi) is 5.90. The van der Waals surface area contributed by atoms with Gasteiger partial charge in [-0.25, -0.2) is 4.98 Å². The number of piperidine rings is 1. The van der Waals surface area contributed by atoms with Gasteiger partial charge in [0.2, 0.25) is 0 Å². The van der Waals surface area contributed by atoms with Gasteiger partial charge in [-0.05, 0) is 44.0 Å². The fourth-order valence-electron chi connectivity index (χ4n) is 3.28. The summed E-state index contributed by atoms with van der Waals surface area (Å²) in [6, 6.07) is 5.13. The number of hydrogen-bond donors (Lipinski definition) is 2. The van der Waals surface area contributed by atoms with Crippen molar-refractivity contribution in [1.29, 1.82) is 0 Å². The third-order valence-electron chi connectivity index (χ3n) is 4.71. The van der Waals surface area contributed by atoms with Gasteiger partial charge in [0.25, 0.3) is 5.91 Å². The Labute approximate surface area is 157 Å². The number of nitrogens with zero attached hydrogens (tertiary/aromatic N) is 2. The van der Waals surface area contributed by atoms with Crippen molar-refractivity contribution >= 4 is 17.2 Å². The number of ether oxygens (including phenoxy) is 1. The first kappa shape index (κ1) is 18.8. The van der Waals surface area contributed by atoms with Gasteiger partial charge in [0.15, 0.2) is 0 Å². The quantitative estimate of drug-likeness (QED) is 0.837. The molecule has 1 aliphatic heterocycles. The molecule has 1 aliphatic rings. The molecule has 1 amide bonds. The van der Waals surface area contributed by atoms with Crippen molar-refractivity contribution in [3.8, 4) is 5.75 Å². The third-order valence-corrected chi connectivity index (χ3v) is 5.54. The van der Waals surface area contributed by atoms with E-state index in [1.165, 1.54) is 0 Å². The normalized spacial score (nSPS) is 20.8. The number of carbonyl (C=O) groups excluding carboxylic acids is 1. The molecule has 140 valence electrons. The molecule has 2 aromatic rings. The van der Waals surface area contributed by atoms with Crippen LogP contribution in [0.1, 0.15) is 33.0 Å². The van der Waals surface area contributed by atoms with Crippen LogP contribution >= 0.6 is 11.3 Å². The molecule has 3 rings (SSSR count). The first-order valence-corrected chi connectivity index (χ1v) is 9.61. The molecular weight excluding hydrogens is 350 g/mol. The molecule has 0 unspecified atom stereocenters. The topological polar surface area (TPSA) is 74.7 Å². The largest absolute Gasteiger partial charge is 0.497 e. The summed E-state index contributed by atoms with van der Waals surface area (Å²) in [6.07, 6.45) is 0.122. The maximum atomic E-state index is 12.6. The highest BCUT2D eigenvalue weighted by molar-refractivity contribution is 7.09. The van der Waals surface area contributed by atoms with E-state index >= 15 is 0 Å². The number of aliphatic hydroxyl groups is 1. The highest BCUT2D eigenvalue weighted by Gasteiger charge is 2.29. The van der Waals surface area contributed by atoms with Crippen molar-refractivity contribution in [1.82, 2.24) is 15.2 Å². The van der Waals surface area contributed by atoms with Gasteiger partial charge in [-0.3, -0.25) is 9.69 Å². The van der Waals surface area contributed by atoms with Crippen molar-refractivity contribution in [3.63, 3.8) is 0 Å². The smallest absolute Gasteiger partial charge is 0.251 e. The first-order chi connectivity index (χ1) is 12.5. The third kappa shape index (κ3) is 4.41. The number of amides is 1. The van der Waals surface area contributed by atoms with E-state index in [0.29, 0.717) is 18.5 Å². The molecule has 1 aromatic heterocycles. The van der Waals surface area contributed by atoms with Crippen molar-refractivity contribution in [2.75, 3.05) is 20.2 Å². The highest BCUT2D eigenvalue weighted by Crippen LogP contribution is 2.19. The number of carbonyl (C=O) groups is 1. The number of aliphatic hydroxyl groups excluding tert-OH is 1. The molecule has 0 aliphatic carbocycles. The van der Waals surface area contributed by atoms with Crippen molar-refractivity contribution in [3.05, 3.63) is 45.4 Å². The number of rotatable bonds is 5. The van der Waals surface area contributed by atoms with E-state index in [2.05, 4.69) is 20.6 Å². The summed E-state index contributed by atoms with van der Waals surface area (Å²) in [7, 11) is 1.60. The number of aromatic nitrogens is 1. The number of likely N-dealkylation sites (tertiary alicyclic amines) is 1. The fraction of sp³-hybridized carbons (Fsp3) is 0.474. The Morgan fingerprint density at radius 1 is 1.46 bits per heavy atom. The number of nitrogens with one attached hydrogen (secondary N) is 1. The SMILES string of the molecule is COc1ccc(C(=O)N[C@@H]2CCN(Cc3csc(C)n3)C[C@H]2O)c(C)c1. The van der Waals surface area contributed by atoms with E-state index in [1.54, 1.807) is 30.6 Å². The zero-order valence-electron chi connectivity index (χ0n) is 15.4. The summed E-state index contributed by atoms with van der Waals surface area (Å²) in [6.45, 7) is 5.96. The van der Waals surface area contributed by atoms with Crippen LogP contribution in [-0.2, 0) is 6.54 Å². The lowest BCUT2D eigenvalue weighted by Gasteiger charge is -2.36. The minimum Gasteiger partial charge on any atom is -0.497 e. The molecule has 0 saturated carbocycles. The fourth-order valence-corrected chi connectivity index (χ4v) is 3.89. The average Bonchev–Trinajstić information content (AvgIpc) is 3.01. The number of benzene rings is 1. The lowest BCUT2D eigenvalue weighted by molar-refractivity contribution is 0.0345. The van der Waals surface area contributed by atoms with E-state index < -0.39 is 6.10 Å². The van der Waals surface area contributed by atoms with Gasteiger partial charge < -0.3 is 15.2 Å². The first-order valence-electron chi connectivity index (χ1n) is 8.73. The van der Waals surface area contributed by atoms with Gasteiger partial charge in [0, 0.05) is 30.6 Å². The number of methoxy groups -OCH3 is 1. The molecule has 2 atom stereocenters. The van der Waals surface area contributed by atoms with E-state index in [1.807, 2.05) is 19.9 Å². The number of thiazole rings is 1. The van der Waals surface area contributed by atoms with Crippen LogP contribution < -0.4 is 10.1 Å². The van der Waals surface area contributed by atoms with Gasteiger partial charge in [-0.2, -0.15) is 0 Å². The Hall–Kier alpha value is -1.96. The predicted molar refractivity (Wildman–Crippen MR) is 102 cm³/mol. The zero-order chi connectivity index (χ0) is 18.7. The predicted octanol–water partition coefficient (Wildman–Crippen LogP) is 2.13. The van der Waals surface area contributed by atoms with Crippen molar-refractivity contribution in [2.24, 2.45) is 0 Å². The Bertz CT molecular complexity index is 777. The summed E-state index contributed by atoms with van der Waals surface area (Å²) in [5.41, 5.74) is 2.50. The minimum absolute atomic E-state index is 0.155. The number of β-amino-alcohol motifs (C(OH)–C–C–N with tert-alkyl or cyclic N) is 1. The molecule has 2 N–H and O–H groups in total. The Balaban J connectivity index is 1.57. The highest BCUT2D eigenvalue weighted by atomic mass is 32.1. The van der Waals surface area contributed by atoms with Crippen LogP contribution in [0.3, 0.4) is 0 Å². The molecule has 7 heteroatoms. The summed E-state index contributed by atoms with van der Waals surface area (Å²) >= 11 is 1.64. The van der Waals surface area contributed by atoms with Gasteiger partial charge in [0.05, 0.1) is 30.0 Å². The molecule has 1 fully saturated rings. The van der Waals surface area contributed by atoms with Gasteiger partial charge in [-0.15, -0.1) is 11.3 Å². The molecule has 26 heavy (non-hydrogen) atoms. The molecule has 6 nitrogen and oxygen atoms in total. The van der Waals surface area contributed by atoms with E-state index in [4.69, 9.17) is 4.74 Å². The molecule has 1 saturated heterocycles. The lowest BCUT2D eigenvalue weighted by atomic mass is 10.0. The Morgan fingerprint density at radius 3 is 2.88 bits per heavy atom. The monoisotopic (exact) mass is 375 g/mol. The molecule has 2 heterocycles.